The van der Waals surface area contributed by atoms with Crippen molar-refractivity contribution in [3.8, 4) is 5.75 Å². The van der Waals surface area contributed by atoms with Gasteiger partial charge in [0.1, 0.15) is 22.8 Å². The molecule has 10 nitrogen and oxygen atoms in total. The van der Waals surface area contributed by atoms with E-state index in [9.17, 15) is 34.8 Å². The number of carbonyl (C=O) groups excluding carboxylic acids is 3. The lowest BCUT2D eigenvalue weighted by Gasteiger charge is -2.50. The zero-order valence-electron chi connectivity index (χ0n) is 21.0. The van der Waals surface area contributed by atoms with E-state index >= 15 is 0 Å². The van der Waals surface area contributed by atoms with Crippen molar-refractivity contribution in [2.24, 2.45) is 17.6 Å². The molecule has 4 atom stereocenters. The Bertz CT molecular complexity index is 1260. The van der Waals surface area contributed by atoms with Crippen molar-refractivity contribution in [2.45, 2.75) is 50.3 Å². The first-order chi connectivity index (χ1) is 17.5. The van der Waals surface area contributed by atoms with Gasteiger partial charge in [-0.1, -0.05) is 12.5 Å². The molecule has 1 aromatic carbocycles. The third kappa shape index (κ3) is 3.69. The minimum absolute atomic E-state index is 0.0651. The number of phenolic OH excluding ortho intramolecular Hbond substituents is 1. The number of likely N-dealkylation sites (N-methyl/N-ethyl adjacent to an activating group) is 1. The Balaban J connectivity index is 1.64. The molecule has 1 aromatic rings. The zero-order chi connectivity index (χ0) is 26.8. The second-order valence-electron chi connectivity index (χ2n) is 10.9. The molecule has 0 radical (unpaired) electrons. The van der Waals surface area contributed by atoms with E-state index in [4.69, 9.17) is 5.73 Å². The number of nitrogens with two attached hydrogens (primary N) is 1. The monoisotopic (exact) mass is 511 g/mol. The molecule has 4 aliphatic rings. The molecule has 1 heterocycles. The van der Waals surface area contributed by atoms with Gasteiger partial charge in [0.15, 0.2) is 11.4 Å². The summed E-state index contributed by atoms with van der Waals surface area (Å²) < 4.78 is 0. The maximum absolute atomic E-state index is 13.8. The van der Waals surface area contributed by atoms with Gasteiger partial charge in [-0.3, -0.25) is 24.2 Å². The average molecular weight is 512 g/mol. The highest BCUT2D eigenvalue weighted by molar-refractivity contribution is 6.24. The lowest BCUT2D eigenvalue weighted by atomic mass is 9.58. The number of aliphatic hydroxyl groups is 3. The number of ketones is 2. The summed E-state index contributed by atoms with van der Waals surface area (Å²) in [5.74, 6) is -6.34. The predicted octanol–water partition coefficient (Wildman–Crippen LogP) is 1.11. The van der Waals surface area contributed by atoms with E-state index in [2.05, 4.69) is 4.90 Å². The van der Waals surface area contributed by atoms with Crippen LogP contribution >= 0.6 is 0 Å². The molecule has 0 bridgehead atoms. The summed E-state index contributed by atoms with van der Waals surface area (Å²) in [7, 11) is 3.23. The van der Waals surface area contributed by atoms with E-state index < -0.39 is 58.0 Å². The minimum Gasteiger partial charge on any atom is -0.510 e. The molecule has 0 spiro atoms. The number of hydrogen-bond acceptors (Lipinski definition) is 9. The van der Waals surface area contributed by atoms with Gasteiger partial charge in [0.05, 0.1) is 11.6 Å². The number of primary amides is 1. The van der Waals surface area contributed by atoms with Crippen LogP contribution in [-0.2, 0) is 22.6 Å². The lowest BCUT2D eigenvalue weighted by Crippen LogP contribution is -2.63. The number of carbonyl (C=O) groups is 3. The molecule has 0 aromatic heterocycles. The highest BCUT2D eigenvalue weighted by atomic mass is 16.3. The number of phenols is 1. The molecule has 10 heteroatoms. The number of allylic oxidation sites excluding steroid dienone is 1. The molecule has 198 valence electrons. The van der Waals surface area contributed by atoms with E-state index in [1.54, 1.807) is 19.0 Å². The third-order valence-corrected chi connectivity index (χ3v) is 8.55. The largest absolute Gasteiger partial charge is 0.510 e. The van der Waals surface area contributed by atoms with Crippen molar-refractivity contribution < 1.29 is 34.8 Å². The lowest BCUT2D eigenvalue weighted by molar-refractivity contribution is -0.148. The number of likely N-dealkylation sites (tertiary alicyclic amines) is 1. The van der Waals surface area contributed by atoms with Gasteiger partial charge in [-0.2, -0.15) is 0 Å². The van der Waals surface area contributed by atoms with Crippen LogP contribution in [0.25, 0.3) is 0 Å². The normalized spacial score (nSPS) is 30.3. The Labute approximate surface area is 214 Å². The number of amides is 1. The number of aliphatic hydroxyl groups excluding tert-OH is 2. The molecule has 6 N–H and O–H groups in total. The Kier molecular flexibility index (Phi) is 6.17. The van der Waals surface area contributed by atoms with Gasteiger partial charge in [0.25, 0.3) is 5.91 Å². The Morgan fingerprint density at radius 2 is 1.81 bits per heavy atom. The van der Waals surface area contributed by atoms with E-state index in [1.807, 2.05) is 6.07 Å². The van der Waals surface area contributed by atoms with Crippen LogP contribution in [0.5, 0.6) is 5.75 Å². The van der Waals surface area contributed by atoms with Crippen molar-refractivity contribution >= 4 is 17.5 Å². The maximum atomic E-state index is 13.8. The molecule has 3 aliphatic carbocycles. The first-order valence-electron chi connectivity index (χ1n) is 12.7. The number of hydrogen-bond donors (Lipinski definition) is 5. The van der Waals surface area contributed by atoms with Crippen LogP contribution in [0, 0.1) is 11.8 Å². The molecular weight excluding hydrogens is 478 g/mol. The molecule has 1 saturated heterocycles. The Hall–Kier alpha value is -3.21. The molecule has 5 rings (SSSR count). The molecule has 1 fully saturated rings. The van der Waals surface area contributed by atoms with E-state index in [-0.39, 0.29) is 23.3 Å². The molecule has 0 saturated carbocycles. The smallest absolute Gasteiger partial charge is 0.255 e. The highest BCUT2D eigenvalue weighted by Gasteiger charge is 2.63. The standard InChI is InChI=1S/C27H33N3O7/c1-29(2)21-16-11-14-10-15-13(12-30-8-4-3-5-9-30)6-7-17(31)19(15)22(32)18(14)24(34)27(16,37)25(35)20(23(21)33)26(28)36/h6-7,14,16,21,31,33-34,37H,3-5,8-12H2,1-2H3,(H2,28,36)/t14-,16-,21+,27-/m0/s1. The first kappa shape index (κ1) is 25.4. The van der Waals surface area contributed by atoms with Crippen LogP contribution in [0.3, 0.4) is 0 Å². The van der Waals surface area contributed by atoms with E-state index in [0.717, 1.165) is 31.5 Å². The van der Waals surface area contributed by atoms with Crippen LogP contribution in [0.2, 0.25) is 0 Å². The summed E-state index contributed by atoms with van der Waals surface area (Å²) in [6, 6.07) is 2.29. The maximum Gasteiger partial charge on any atom is 0.255 e. The van der Waals surface area contributed by atoms with E-state index in [0.29, 0.717) is 18.5 Å². The number of piperidine rings is 1. The van der Waals surface area contributed by atoms with Crippen molar-refractivity contribution in [1.82, 2.24) is 9.80 Å². The fourth-order valence-corrected chi connectivity index (χ4v) is 6.82. The molecule has 1 aliphatic heterocycles. The van der Waals surface area contributed by atoms with Crippen molar-refractivity contribution in [3.05, 3.63) is 51.5 Å². The van der Waals surface area contributed by atoms with Crippen molar-refractivity contribution in [2.75, 3.05) is 27.2 Å². The van der Waals surface area contributed by atoms with Crippen LogP contribution in [0.15, 0.2) is 34.8 Å². The summed E-state index contributed by atoms with van der Waals surface area (Å²) >= 11 is 0. The van der Waals surface area contributed by atoms with Crippen LogP contribution in [0.1, 0.15) is 47.2 Å². The van der Waals surface area contributed by atoms with Gasteiger partial charge in [-0.15, -0.1) is 0 Å². The summed E-state index contributed by atoms with van der Waals surface area (Å²) in [5, 5.41) is 44.5. The summed E-state index contributed by atoms with van der Waals surface area (Å²) in [5.41, 5.74) is 3.49. The summed E-state index contributed by atoms with van der Waals surface area (Å²) in [6.07, 6.45) is 3.80. The fraction of sp³-hybridized carbons (Fsp3) is 0.519. The van der Waals surface area contributed by atoms with Gasteiger partial charge in [-0.25, -0.2) is 0 Å². The van der Waals surface area contributed by atoms with Crippen molar-refractivity contribution in [1.29, 1.82) is 0 Å². The minimum atomic E-state index is -2.62. The predicted molar refractivity (Wildman–Crippen MR) is 133 cm³/mol. The number of Topliss-reactive ketones (excluding diaryl/α,β-unsaturated/α-hetero) is 2. The zero-order valence-corrected chi connectivity index (χ0v) is 21.0. The fourth-order valence-electron chi connectivity index (χ4n) is 6.82. The molecule has 1 amide bonds. The van der Waals surface area contributed by atoms with Gasteiger partial charge in [0, 0.05) is 18.0 Å². The van der Waals surface area contributed by atoms with Gasteiger partial charge in [-0.05, 0) is 76.0 Å². The number of fused-ring (bicyclic) bond motifs is 3. The second-order valence-corrected chi connectivity index (χ2v) is 10.9. The number of aromatic hydroxyl groups is 1. The summed E-state index contributed by atoms with van der Waals surface area (Å²) in [6.45, 7) is 2.54. The quantitative estimate of drug-likeness (QED) is 0.372. The van der Waals surface area contributed by atoms with E-state index in [1.165, 1.54) is 12.5 Å². The molecule has 0 unspecified atom stereocenters. The van der Waals surface area contributed by atoms with Crippen LogP contribution < -0.4 is 5.73 Å². The highest BCUT2D eigenvalue weighted by Crippen LogP contribution is 2.52. The first-order valence-corrected chi connectivity index (χ1v) is 12.7. The van der Waals surface area contributed by atoms with Crippen LogP contribution in [0.4, 0.5) is 0 Å². The van der Waals surface area contributed by atoms with Gasteiger partial charge in [0.2, 0.25) is 5.78 Å². The SMILES string of the molecule is CN(C)[C@H]1C(O)=C(C(N)=O)C(=O)[C@@]2(O)C(O)=C3C(=O)c4c(O)ccc(CN5CCCCC5)c4C[C@H]3C[C@@H]12. The average Bonchev–Trinajstić information content (AvgIpc) is 2.83. The molecule has 37 heavy (non-hydrogen) atoms. The van der Waals surface area contributed by atoms with Crippen molar-refractivity contribution in [3.63, 3.8) is 0 Å². The summed E-state index contributed by atoms with van der Waals surface area (Å²) in [4.78, 5) is 43.0. The Morgan fingerprint density at radius 3 is 2.43 bits per heavy atom. The number of nitrogens with zero attached hydrogens (tertiary/aromatic N) is 2. The number of benzene rings is 1. The number of rotatable bonds is 4. The second kappa shape index (κ2) is 8.97. The van der Waals surface area contributed by atoms with Gasteiger partial charge < -0.3 is 26.2 Å². The van der Waals surface area contributed by atoms with Gasteiger partial charge >= 0.3 is 0 Å². The topological polar surface area (TPSA) is 165 Å². The van der Waals surface area contributed by atoms with Crippen LogP contribution in [-0.4, -0.2) is 86.5 Å². The third-order valence-electron chi connectivity index (χ3n) is 8.55. The molecular formula is C27H33N3O7. The Morgan fingerprint density at radius 1 is 1.14 bits per heavy atom.